The van der Waals surface area contributed by atoms with Crippen LogP contribution in [-0.2, 0) is 10.5 Å². The van der Waals surface area contributed by atoms with E-state index in [9.17, 15) is 4.79 Å². The number of carbonyl (C=O) groups excluding carboxylic acids is 1. The van der Waals surface area contributed by atoms with Crippen LogP contribution in [0.2, 0.25) is 0 Å². The van der Waals surface area contributed by atoms with Gasteiger partial charge in [0.15, 0.2) is 11.5 Å². The summed E-state index contributed by atoms with van der Waals surface area (Å²) in [5.74, 6) is 2.11. The van der Waals surface area contributed by atoms with Gasteiger partial charge in [-0.1, -0.05) is 42.1 Å². The van der Waals surface area contributed by atoms with Gasteiger partial charge in [-0.25, -0.2) is 4.99 Å². The van der Waals surface area contributed by atoms with Crippen molar-refractivity contribution in [1.29, 1.82) is 0 Å². The molecule has 0 saturated heterocycles. The molecule has 0 aromatic heterocycles. The Morgan fingerprint density at radius 3 is 2.65 bits per heavy atom. The first-order valence-electron chi connectivity index (χ1n) is 7.71. The highest BCUT2D eigenvalue weighted by Crippen LogP contribution is 2.36. The molecule has 0 saturated carbocycles. The van der Waals surface area contributed by atoms with Crippen molar-refractivity contribution in [3.63, 3.8) is 0 Å². The van der Waals surface area contributed by atoms with Gasteiger partial charge in [0.1, 0.15) is 10.1 Å². The van der Waals surface area contributed by atoms with Gasteiger partial charge in [0.2, 0.25) is 5.12 Å². The number of aliphatic imine (C=N–C) groups is 1. The molecular weight excluding hydrogens is 481 g/mol. The first-order chi connectivity index (χ1) is 12.6. The monoisotopic (exact) mass is 497 g/mol. The number of ether oxygens (including phenoxy) is 2. The second-order valence-electron chi connectivity index (χ2n) is 5.31. The maximum absolute atomic E-state index is 12.3. The van der Waals surface area contributed by atoms with Crippen molar-refractivity contribution >= 4 is 61.7 Å². The topological polar surface area (TPSA) is 47.9 Å². The Labute approximate surface area is 174 Å². The van der Waals surface area contributed by atoms with Crippen LogP contribution in [0.4, 0.5) is 0 Å². The van der Waals surface area contributed by atoms with Gasteiger partial charge >= 0.3 is 0 Å². The number of rotatable bonds is 5. The molecule has 0 N–H and O–H groups in total. The summed E-state index contributed by atoms with van der Waals surface area (Å²) in [6.45, 7) is 0. The number of methoxy groups -OCH3 is 2. The smallest absolute Gasteiger partial charge is 0.244 e. The minimum absolute atomic E-state index is 0.0367. The Bertz CT molecular complexity index is 882. The molecule has 134 valence electrons. The maximum atomic E-state index is 12.3. The molecule has 0 amide bonds. The fraction of sp³-hybridized carbons (Fsp3) is 0.158. The summed E-state index contributed by atoms with van der Waals surface area (Å²) in [6.07, 6.45) is 1.79. The van der Waals surface area contributed by atoms with Crippen LogP contribution in [0.3, 0.4) is 0 Å². The van der Waals surface area contributed by atoms with Crippen LogP contribution >= 0.6 is 46.1 Å². The van der Waals surface area contributed by atoms with Gasteiger partial charge in [-0.3, -0.25) is 4.79 Å². The first kappa shape index (κ1) is 19.3. The van der Waals surface area contributed by atoms with Crippen molar-refractivity contribution in [3.8, 4) is 11.5 Å². The lowest BCUT2D eigenvalue weighted by atomic mass is 10.1. The van der Waals surface area contributed by atoms with Gasteiger partial charge in [0.05, 0.1) is 17.8 Å². The highest BCUT2D eigenvalue weighted by molar-refractivity contribution is 14.1. The molecule has 26 heavy (non-hydrogen) atoms. The average Bonchev–Trinajstić information content (AvgIpc) is 3.00. The van der Waals surface area contributed by atoms with Crippen LogP contribution in [0.1, 0.15) is 11.1 Å². The highest BCUT2D eigenvalue weighted by atomic mass is 127. The molecule has 1 heterocycles. The zero-order valence-electron chi connectivity index (χ0n) is 14.2. The summed E-state index contributed by atoms with van der Waals surface area (Å²) in [7, 11) is 3.20. The summed E-state index contributed by atoms with van der Waals surface area (Å²) in [4.78, 5) is 16.8. The fourth-order valence-corrected chi connectivity index (χ4v) is 4.99. The number of thioether (sulfide) groups is 2. The highest BCUT2D eigenvalue weighted by Gasteiger charge is 2.23. The van der Waals surface area contributed by atoms with Crippen molar-refractivity contribution in [2.45, 2.75) is 5.75 Å². The number of hydrogen-bond donors (Lipinski definition) is 0. The Morgan fingerprint density at radius 2 is 1.96 bits per heavy atom. The molecule has 2 aromatic rings. The predicted molar refractivity (Wildman–Crippen MR) is 118 cm³/mol. The zero-order chi connectivity index (χ0) is 18.5. The number of carbonyl (C=O) groups is 1. The third-order valence-electron chi connectivity index (χ3n) is 3.57. The average molecular weight is 497 g/mol. The van der Waals surface area contributed by atoms with Crippen molar-refractivity contribution in [3.05, 3.63) is 62.9 Å². The van der Waals surface area contributed by atoms with E-state index in [0.717, 1.165) is 19.3 Å². The normalized spacial score (nSPS) is 15.3. The quantitative estimate of drug-likeness (QED) is 0.419. The summed E-state index contributed by atoms with van der Waals surface area (Å²) < 4.78 is 12.4. The maximum Gasteiger partial charge on any atom is 0.244 e. The lowest BCUT2D eigenvalue weighted by Crippen LogP contribution is -1.95. The molecule has 0 bridgehead atoms. The van der Waals surface area contributed by atoms with Crippen molar-refractivity contribution in [1.82, 2.24) is 0 Å². The van der Waals surface area contributed by atoms with E-state index in [1.165, 1.54) is 17.3 Å². The molecule has 3 rings (SSSR count). The molecular formula is C19H16INO3S2. The van der Waals surface area contributed by atoms with Gasteiger partial charge in [0.25, 0.3) is 0 Å². The van der Waals surface area contributed by atoms with E-state index < -0.39 is 0 Å². The second kappa shape index (κ2) is 8.96. The lowest BCUT2D eigenvalue weighted by molar-refractivity contribution is -0.107. The summed E-state index contributed by atoms with van der Waals surface area (Å²) in [5, 5.41) is -0.0367. The molecule has 0 spiro atoms. The van der Waals surface area contributed by atoms with E-state index >= 15 is 0 Å². The second-order valence-corrected chi connectivity index (χ2v) is 8.66. The molecule has 0 atom stereocenters. The van der Waals surface area contributed by atoms with Crippen molar-refractivity contribution < 1.29 is 14.3 Å². The van der Waals surface area contributed by atoms with Crippen molar-refractivity contribution in [2.75, 3.05) is 14.2 Å². The molecule has 0 aliphatic carbocycles. The van der Waals surface area contributed by atoms with Crippen LogP contribution in [0.25, 0.3) is 6.08 Å². The molecule has 0 radical (unpaired) electrons. The minimum atomic E-state index is -0.0367. The third-order valence-corrected chi connectivity index (χ3v) is 6.45. The number of hydrogen-bond acceptors (Lipinski definition) is 6. The third kappa shape index (κ3) is 4.63. The van der Waals surface area contributed by atoms with Gasteiger partial charge < -0.3 is 9.47 Å². The van der Waals surface area contributed by atoms with Gasteiger partial charge in [-0.15, -0.1) is 0 Å². The number of nitrogens with zero attached hydrogens (tertiary/aromatic N) is 1. The molecule has 4 nitrogen and oxygen atoms in total. The molecule has 1 aliphatic heterocycles. The Hall–Kier alpha value is -1.45. The molecule has 0 fully saturated rings. The van der Waals surface area contributed by atoms with Crippen LogP contribution in [0.5, 0.6) is 11.5 Å². The van der Waals surface area contributed by atoms with E-state index in [1.54, 1.807) is 32.1 Å². The summed E-state index contributed by atoms with van der Waals surface area (Å²) in [6, 6.07) is 13.9. The van der Waals surface area contributed by atoms with Crippen LogP contribution in [0, 0.1) is 3.57 Å². The molecule has 0 unspecified atom stereocenters. The molecule has 7 heteroatoms. The van der Waals surface area contributed by atoms with Crippen LogP contribution in [-0.4, -0.2) is 23.7 Å². The minimum Gasteiger partial charge on any atom is -0.493 e. The largest absolute Gasteiger partial charge is 0.493 e. The Morgan fingerprint density at radius 1 is 1.19 bits per heavy atom. The first-order valence-corrected chi connectivity index (χ1v) is 10.6. The SMILES string of the molecule is COc1cc(C=C2N=C(SCc3ccccc3)SC2=O)cc(I)c1OC. The summed E-state index contributed by atoms with van der Waals surface area (Å²) in [5.41, 5.74) is 2.52. The van der Waals surface area contributed by atoms with Gasteiger partial charge in [-0.2, -0.15) is 0 Å². The van der Waals surface area contributed by atoms with Crippen LogP contribution in [0.15, 0.2) is 53.2 Å². The Kier molecular flexibility index (Phi) is 6.66. The van der Waals surface area contributed by atoms with E-state index in [2.05, 4.69) is 39.7 Å². The zero-order valence-corrected chi connectivity index (χ0v) is 18.0. The number of halogens is 1. The standard InChI is InChI=1S/C19H16INO3S2/c1-23-16-10-13(8-14(20)17(16)24-2)9-15-18(22)26-19(21-15)25-11-12-6-4-3-5-7-12/h3-10H,11H2,1-2H3. The van der Waals surface area contributed by atoms with E-state index in [-0.39, 0.29) is 5.12 Å². The lowest BCUT2D eigenvalue weighted by Gasteiger charge is -2.10. The van der Waals surface area contributed by atoms with Gasteiger partial charge in [0, 0.05) is 5.75 Å². The molecule has 1 aliphatic rings. The predicted octanol–water partition coefficient (Wildman–Crippen LogP) is 5.21. The van der Waals surface area contributed by atoms with Crippen LogP contribution < -0.4 is 9.47 Å². The fourth-order valence-electron chi connectivity index (χ4n) is 2.35. The van der Waals surface area contributed by atoms with E-state index in [0.29, 0.717) is 17.2 Å². The van der Waals surface area contributed by atoms with E-state index in [4.69, 9.17) is 9.47 Å². The number of benzene rings is 2. The van der Waals surface area contributed by atoms with Crippen molar-refractivity contribution in [2.24, 2.45) is 4.99 Å². The van der Waals surface area contributed by atoms with Gasteiger partial charge in [-0.05, 0) is 63.7 Å². The van der Waals surface area contributed by atoms with E-state index in [1.807, 2.05) is 30.3 Å². The summed E-state index contributed by atoms with van der Waals surface area (Å²) >= 11 is 4.95. The molecule has 2 aromatic carbocycles. The Balaban J connectivity index is 1.79.